The smallest absolute Gasteiger partial charge is 0.0886 e. The summed E-state index contributed by atoms with van der Waals surface area (Å²) in [6, 6.07) is 0. The van der Waals surface area contributed by atoms with Gasteiger partial charge < -0.3 is 5.11 Å². The number of hydrogen-bond acceptors (Lipinski definition) is 1. The van der Waals surface area contributed by atoms with Gasteiger partial charge in [0.1, 0.15) is 0 Å². The Morgan fingerprint density at radius 3 is 2.47 bits per heavy atom. The van der Waals surface area contributed by atoms with Crippen LogP contribution in [0.15, 0.2) is 24.4 Å². The first-order valence-corrected chi connectivity index (χ1v) is 9.36. The van der Waals surface area contributed by atoms with Crippen molar-refractivity contribution in [2.45, 2.75) is 50.9 Å². The Hall–Kier alpha value is -0.343. The topological polar surface area (TPSA) is 20.2 Å². The van der Waals surface area contributed by atoms with Crippen LogP contribution in [0.25, 0.3) is 0 Å². The van der Waals surface area contributed by atoms with Gasteiger partial charge >= 0.3 is 0 Å². The van der Waals surface area contributed by atoms with E-state index in [0.29, 0.717) is 0 Å². The number of aliphatic hydroxyl groups is 1. The highest BCUT2D eigenvalue weighted by molar-refractivity contribution is 6.83. The van der Waals surface area contributed by atoms with Crippen molar-refractivity contribution in [3.05, 3.63) is 24.4 Å². The van der Waals surface area contributed by atoms with Crippen molar-refractivity contribution in [2.75, 3.05) is 0 Å². The second-order valence-corrected chi connectivity index (χ2v) is 10.9. The lowest BCUT2D eigenvalue weighted by Gasteiger charge is -2.42. The molecule has 1 aliphatic carbocycles. The van der Waals surface area contributed by atoms with Gasteiger partial charge in [-0.1, -0.05) is 43.8 Å². The van der Waals surface area contributed by atoms with Gasteiger partial charge in [-0.25, -0.2) is 0 Å². The van der Waals surface area contributed by atoms with Crippen LogP contribution < -0.4 is 0 Å². The maximum absolute atomic E-state index is 10.5. The summed E-state index contributed by atoms with van der Waals surface area (Å²) in [6.07, 6.45) is 5.99. The number of rotatable bonds is 3. The Balaban J connectivity index is 2.91. The summed E-state index contributed by atoms with van der Waals surface area (Å²) in [5, 5.41) is 11.8. The molecule has 1 fully saturated rings. The normalized spacial score (nSPS) is 32.4. The molecule has 2 heteroatoms. The predicted octanol–water partition coefficient (Wildman–Crippen LogP) is 3.53. The maximum atomic E-state index is 10.5. The van der Waals surface area contributed by atoms with E-state index in [1.165, 1.54) is 11.6 Å². The van der Waals surface area contributed by atoms with Gasteiger partial charge in [-0.2, -0.15) is 0 Å². The molecule has 2 atom stereocenters. The minimum atomic E-state index is -1.36. The Morgan fingerprint density at radius 2 is 2.00 bits per heavy atom. The van der Waals surface area contributed by atoms with Gasteiger partial charge in [-0.3, -0.25) is 0 Å². The zero-order valence-corrected chi connectivity index (χ0v) is 11.3. The van der Waals surface area contributed by atoms with Crippen LogP contribution in [0.5, 0.6) is 0 Å². The molecule has 15 heavy (non-hydrogen) atoms. The molecule has 0 aromatic carbocycles. The fraction of sp³-hybridized carbons (Fsp3) is 0.692. The van der Waals surface area contributed by atoms with Crippen molar-refractivity contribution in [1.29, 1.82) is 0 Å². The van der Waals surface area contributed by atoms with Gasteiger partial charge in [-0.05, 0) is 12.8 Å². The van der Waals surface area contributed by atoms with Crippen LogP contribution in [0, 0.1) is 5.92 Å². The Morgan fingerprint density at radius 1 is 1.40 bits per heavy atom. The van der Waals surface area contributed by atoms with E-state index in [2.05, 4.69) is 32.8 Å². The molecule has 0 saturated heterocycles. The van der Waals surface area contributed by atoms with Crippen molar-refractivity contribution < 1.29 is 5.11 Å². The van der Waals surface area contributed by atoms with Gasteiger partial charge in [-0.15, -0.1) is 13.2 Å². The Bertz CT molecular complexity index is 264. The lowest BCUT2D eigenvalue weighted by Crippen LogP contribution is -2.44. The third kappa shape index (κ3) is 2.61. The summed E-state index contributed by atoms with van der Waals surface area (Å²) in [5.74, 6) is 0.246. The van der Waals surface area contributed by atoms with Crippen LogP contribution in [0.4, 0.5) is 0 Å². The monoisotopic (exact) mass is 224 g/mol. The second-order valence-electron chi connectivity index (χ2n) is 5.77. The molecular weight excluding hydrogens is 200 g/mol. The summed E-state index contributed by atoms with van der Waals surface area (Å²) in [7, 11) is -1.36. The molecule has 0 heterocycles. The van der Waals surface area contributed by atoms with E-state index in [1.54, 1.807) is 6.08 Å². The van der Waals surface area contributed by atoms with Crippen molar-refractivity contribution in [1.82, 2.24) is 0 Å². The number of hydrogen-bond donors (Lipinski definition) is 1. The first-order valence-electron chi connectivity index (χ1n) is 5.86. The quantitative estimate of drug-likeness (QED) is 0.574. The van der Waals surface area contributed by atoms with E-state index in [9.17, 15) is 5.11 Å². The lowest BCUT2D eigenvalue weighted by atomic mass is 9.75. The average molecular weight is 224 g/mol. The van der Waals surface area contributed by atoms with Gasteiger partial charge in [0, 0.05) is 5.92 Å². The molecule has 0 radical (unpaired) electrons. The van der Waals surface area contributed by atoms with Crippen LogP contribution >= 0.6 is 0 Å². The highest BCUT2D eigenvalue weighted by atomic mass is 28.3. The molecule has 0 aliphatic heterocycles. The van der Waals surface area contributed by atoms with Crippen molar-refractivity contribution in [3.8, 4) is 0 Å². The molecule has 0 spiro atoms. The highest BCUT2D eigenvalue weighted by Gasteiger charge is 2.40. The maximum Gasteiger partial charge on any atom is 0.0886 e. The predicted molar refractivity (Wildman–Crippen MR) is 69.6 cm³/mol. The molecule has 0 aromatic heterocycles. The molecule has 1 aliphatic rings. The summed E-state index contributed by atoms with van der Waals surface area (Å²) in [4.78, 5) is 0. The van der Waals surface area contributed by atoms with E-state index < -0.39 is 13.7 Å². The third-order valence-electron chi connectivity index (χ3n) is 3.66. The molecule has 1 N–H and O–H groups in total. The van der Waals surface area contributed by atoms with Crippen LogP contribution in [-0.4, -0.2) is 18.8 Å². The minimum absolute atomic E-state index is 0.246. The van der Waals surface area contributed by atoms with E-state index in [0.717, 1.165) is 19.3 Å². The minimum Gasteiger partial charge on any atom is -0.385 e. The fourth-order valence-corrected chi connectivity index (χ4v) is 3.86. The Labute approximate surface area is 94.9 Å². The van der Waals surface area contributed by atoms with Gasteiger partial charge in [0.15, 0.2) is 0 Å². The Kier molecular flexibility index (Phi) is 3.62. The molecule has 1 saturated carbocycles. The first kappa shape index (κ1) is 12.7. The average Bonchev–Trinajstić information content (AvgIpc) is 2.16. The van der Waals surface area contributed by atoms with E-state index in [1.807, 2.05) is 0 Å². The lowest BCUT2D eigenvalue weighted by molar-refractivity contribution is 0.0138. The molecule has 0 amide bonds. The van der Waals surface area contributed by atoms with Crippen LogP contribution in [0.1, 0.15) is 25.7 Å². The summed E-state index contributed by atoms with van der Waals surface area (Å²) in [6.45, 7) is 14.9. The SMILES string of the molecule is C=C[C@@]1(O)CCCC[C@H]1C(=C)[Si](C)(C)C. The molecule has 1 nitrogen and oxygen atoms in total. The van der Waals surface area contributed by atoms with Crippen LogP contribution in [0.2, 0.25) is 19.6 Å². The standard InChI is InChI=1S/C13H24OSi/c1-6-13(14)10-8-7-9-12(13)11(2)15(3,4)5/h6,12,14H,1-2,7-10H2,3-5H3/t12-,13+/m0/s1. The van der Waals surface area contributed by atoms with Crippen molar-refractivity contribution >= 4 is 8.07 Å². The molecular formula is C13H24OSi. The summed E-state index contributed by atoms with van der Waals surface area (Å²) in [5.41, 5.74) is -0.685. The van der Waals surface area contributed by atoms with Gasteiger partial charge in [0.2, 0.25) is 0 Å². The van der Waals surface area contributed by atoms with Gasteiger partial charge in [0.05, 0.1) is 13.7 Å². The molecule has 0 unspecified atom stereocenters. The molecule has 1 rings (SSSR count). The van der Waals surface area contributed by atoms with Crippen LogP contribution in [-0.2, 0) is 0 Å². The zero-order chi connectivity index (χ0) is 11.7. The highest BCUT2D eigenvalue weighted by Crippen LogP contribution is 2.41. The third-order valence-corrected chi connectivity index (χ3v) is 5.94. The summed E-state index contributed by atoms with van der Waals surface area (Å²) >= 11 is 0. The van der Waals surface area contributed by atoms with Gasteiger partial charge in [0.25, 0.3) is 0 Å². The van der Waals surface area contributed by atoms with E-state index in [4.69, 9.17) is 0 Å². The van der Waals surface area contributed by atoms with Crippen molar-refractivity contribution in [2.24, 2.45) is 5.92 Å². The zero-order valence-electron chi connectivity index (χ0n) is 10.3. The summed E-state index contributed by atoms with van der Waals surface area (Å²) < 4.78 is 0. The molecule has 0 aromatic rings. The van der Waals surface area contributed by atoms with Crippen LogP contribution in [0.3, 0.4) is 0 Å². The molecule has 0 bridgehead atoms. The first-order chi connectivity index (χ1) is 6.81. The van der Waals surface area contributed by atoms with E-state index >= 15 is 0 Å². The second kappa shape index (κ2) is 4.26. The molecule has 86 valence electrons. The van der Waals surface area contributed by atoms with Crippen molar-refractivity contribution in [3.63, 3.8) is 0 Å². The van der Waals surface area contributed by atoms with E-state index in [-0.39, 0.29) is 5.92 Å². The fourth-order valence-electron chi connectivity index (χ4n) is 2.42. The largest absolute Gasteiger partial charge is 0.385 e.